The minimum atomic E-state index is -0.829. The zero-order valence-electron chi connectivity index (χ0n) is 9.67. The van der Waals surface area contributed by atoms with E-state index in [0.717, 1.165) is 10.6 Å². The lowest BCUT2D eigenvalue weighted by Crippen LogP contribution is -2.25. The third-order valence-corrected chi connectivity index (χ3v) is 2.14. The van der Waals surface area contributed by atoms with Crippen LogP contribution in [0.4, 0.5) is 4.79 Å². The molecule has 2 amide bonds. The van der Waals surface area contributed by atoms with Crippen molar-refractivity contribution in [3.63, 3.8) is 0 Å². The smallest absolute Gasteiger partial charge is 0.404 e. The van der Waals surface area contributed by atoms with E-state index in [9.17, 15) is 9.59 Å². The molecular formula is C11H14N2O4. The van der Waals surface area contributed by atoms with Gasteiger partial charge in [-0.05, 0) is 17.7 Å². The number of benzene rings is 1. The number of hydrogen-bond acceptors (Lipinski definition) is 4. The minimum absolute atomic E-state index is 0.0872. The van der Waals surface area contributed by atoms with Crippen LogP contribution in [0.25, 0.3) is 0 Å². The molecule has 0 radical (unpaired) electrons. The summed E-state index contributed by atoms with van der Waals surface area (Å²) in [4.78, 5) is 26.8. The Morgan fingerprint density at radius 2 is 1.88 bits per heavy atom. The molecule has 0 saturated carbocycles. The molecule has 0 unspecified atom stereocenters. The number of rotatable bonds is 4. The molecule has 0 aliphatic rings. The number of amides is 2. The molecule has 0 spiro atoms. The van der Waals surface area contributed by atoms with E-state index in [1.807, 2.05) is 0 Å². The molecule has 1 aromatic carbocycles. The zero-order valence-corrected chi connectivity index (χ0v) is 9.67. The summed E-state index contributed by atoms with van der Waals surface area (Å²) in [5.74, 6) is -0.255. The highest BCUT2D eigenvalue weighted by Crippen LogP contribution is 2.08. The lowest BCUT2D eigenvalue weighted by Gasteiger charge is -2.13. The lowest BCUT2D eigenvalue weighted by atomic mass is 10.1. The second kappa shape index (κ2) is 5.86. The van der Waals surface area contributed by atoms with Gasteiger partial charge in [0.1, 0.15) is 6.61 Å². The summed E-state index contributed by atoms with van der Waals surface area (Å²) in [5, 5.41) is 1.12. The van der Waals surface area contributed by atoms with Gasteiger partial charge in [0.25, 0.3) is 5.91 Å². The molecule has 0 bridgehead atoms. The predicted molar refractivity (Wildman–Crippen MR) is 59.9 cm³/mol. The maximum absolute atomic E-state index is 11.6. The van der Waals surface area contributed by atoms with Gasteiger partial charge < -0.3 is 10.5 Å². The molecule has 6 heteroatoms. The molecule has 0 fully saturated rings. The van der Waals surface area contributed by atoms with Crippen molar-refractivity contribution in [1.82, 2.24) is 5.06 Å². The van der Waals surface area contributed by atoms with Gasteiger partial charge in [0.15, 0.2) is 0 Å². The summed E-state index contributed by atoms with van der Waals surface area (Å²) in [5.41, 5.74) is 6.07. The average molecular weight is 238 g/mol. The first-order chi connectivity index (χ1) is 8.04. The van der Waals surface area contributed by atoms with Gasteiger partial charge in [-0.25, -0.2) is 9.86 Å². The van der Waals surface area contributed by atoms with E-state index < -0.39 is 6.09 Å². The molecule has 17 heavy (non-hydrogen) atoms. The molecule has 6 nitrogen and oxygen atoms in total. The zero-order chi connectivity index (χ0) is 12.8. The molecule has 0 aliphatic carbocycles. The molecule has 0 aromatic heterocycles. The Morgan fingerprint density at radius 3 is 2.35 bits per heavy atom. The SMILES string of the molecule is CON(C)C(=O)c1ccc(COC(N)=O)cc1. The number of carbonyl (C=O) groups excluding carboxylic acids is 2. The van der Waals surface area contributed by atoms with Gasteiger partial charge in [0.05, 0.1) is 7.11 Å². The van der Waals surface area contributed by atoms with Gasteiger partial charge in [0, 0.05) is 12.6 Å². The van der Waals surface area contributed by atoms with Crippen molar-refractivity contribution in [2.24, 2.45) is 5.73 Å². The average Bonchev–Trinajstić information content (AvgIpc) is 2.35. The van der Waals surface area contributed by atoms with Crippen molar-refractivity contribution in [3.8, 4) is 0 Å². The molecule has 1 aromatic rings. The van der Waals surface area contributed by atoms with Crippen LogP contribution in [0.2, 0.25) is 0 Å². The third kappa shape index (κ3) is 3.76. The van der Waals surface area contributed by atoms with E-state index in [0.29, 0.717) is 5.56 Å². The summed E-state index contributed by atoms with van der Waals surface area (Å²) in [6.45, 7) is 0.0872. The summed E-state index contributed by atoms with van der Waals surface area (Å²) in [6, 6.07) is 6.61. The fourth-order valence-corrected chi connectivity index (χ4v) is 1.16. The van der Waals surface area contributed by atoms with Crippen LogP contribution in [0.3, 0.4) is 0 Å². The number of nitrogens with zero attached hydrogens (tertiary/aromatic N) is 1. The van der Waals surface area contributed by atoms with Gasteiger partial charge in [-0.3, -0.25) is 9.63 Å². The fourth-order valence-electron chi connectivity index (χ4n) is 1.16. The first-order valence-corrected chi connectivity index (χ1v) is 4.88. The maximum Gasteiger partial charge on any atom is 0.404 e. The highest BCUT2D eigenvalue weighted by Gasteiger charge is 2.10. The van der Waals surface area contributed by atoms with Gasteiger partial charge in [-0.2, -0.15) is 0 Å². The van der Waals surface area contributed by atoms with Crippen LogP contribution in [0.1, 0.15) is 15.9 Å². The fraction of sp³-hybridized carbons (Fsp3) is 0.273. The van der Waals surface area contributed by atoms with Gasteiger partial charge in [-0.15, -0.1) is 0 Å². The van der Waals surface area contributed by atoms with Gasteiger partial charge in [-0.1, -0.05) is 12.1 Å². The predicted octanol–water partition coefficient (Wildman–Crippen LogP) is 0.915. The molecule has 0 aliphatic heterocycles. The Morgan fingerprint density at radius 1 is 1.29 bits per heavy atom. The Hall–Kier alpha value is -2.08. The van der Waals surface area contributed by atoms with Crippen molar-refractivity contribution in [3.05, 3.63) is 35.4 Å². The molecule has 0 atom stereocenters. The number of carbonyl (C=O) groups is 2. The monoisotopic (exact) mass is 238 g/mol. The van der Waals surface area contributed by atoms with E-state index >= 15 is 0 Å². The summed E-state index contributed by atoms with van der Waals surface area (Å²) in [7, 11) is 2.93. The van der Waals surface area contributed by atoms with Crippen LogP contribution in [0.5, 0.6) is 0 Å². The summed E-state index contributed by atoms with van der Waals surface area (Å²) in [6.07, 6.45) is -0.829. The van der Waals surface area contributed by atoms with Crippen LogP contribution in [0, 0.1) is 0 Å². The number of primary amides is 1. The van der Waals surface area contributed by atoms with Crippen LogP contribution < -0.4 is 5.73 Å². The molecule has 92 valence electrons. The Bertz CT molecular complexity index is 402. The van der Waals surface area contributed by atoms with E-state index in [1.54, 1.807) is 24.3 Å². The van der Waals surface area contributed by atoms with E-state index in [1.165, 1.54) is 14.2 Å². The van der Waals surface area contributed by atoms with Crippen LogP contribution in [0.15, 0.2) is 24.3 Å². The van der Waals surface area contributed by atoms with E-state index in [4.69, 9.17) is 10.6 Å². The summed E-state index contributed by atoms with van der Waals surface area (Å²) >= 11 is 0. The number of hydroxylamine groups is 2. The Labute approximate surface area is 98.9 Å². The third-order valence-electron chi connectivity index (χ3n) is 2.14. The molecule has 1 rings (SSSR count). The normalized spacial score (nSPS) is 9.76. The molecule has 0 heterocycles. The Kier molecular flexibility index (Phi) is 4.47. The molecule has 0 saturated heterocycles. The lowest BCUT2D eigenvalue weighted by molar-refractivity contribution is -0.0757. The van der Waals surface area contributed by atoms with Crippen molar-refractivity contribution in [2.75, 3.05) is 14.2 Å². The first kappa shape index (κ1) is 13.0. The second-order valence-corrected chi connectivity index (χ2v) is 3.29. The highest BCUT2D eigenvalue weighted by atomic mass is 16.7. The largest absolute Gasteiger partial charge is 0.445 e. The van der Waals surface area contributed by atoms with E-state index in [2.05, 4.69) is 4.74 Å². The number of ether oxygens (including phenoxy) is 1. The van der Waals surface area contributed by atoms with Gasteiger partial charge >= 0.3 is 6.09 Å². The van der Waals surface area contributed by atoms with E-state index in [-0.39, 0.29) is 12.5 Å². The van der Waals surface area contributed by atoms with Crippen molar-refractivity contribution >= 4 is 12.0 Å². The standard InChI is InChI=1S/C11H14N2O4/c1-13(16-2)10(14)9-5-3-8(4-6-9)7-17-11(12)15/h3-6H,7H2,1-2H3,(H2,12,15). The van der Waals surface area contributed by atoms with Gasteiger partial charge in [0.2, 0.25) is 0 Å². The van der Waals surface area contributed by atoms with Crippen molar-refractivity contribution < 1.29 is 19.2 Å². The quantitative estimate of drug-likeness (QED) is 0.790. The second-order valence-electron chi connectivity index (χ2n) is 3.29. The van der Waals surface area contributed by atoms with Crippen LogP contribution in [-0.2, 0) is 16.2 Å². The first-order valence-electron chi connectivity index (χ1n) is 4.88. The van der Waals surface area contributed by atoms with Crippen molar-refractivity contribution in [1.29, 1.82) is 0 Å². The molecule has 2 N–H and O–H groups in total. The van der Waals surface area contributed by atoms with Crippen LogP contribution >= 0.6 is 0 Å². The van der Waals surface area contributed by atoms with Crippen LogP contribution in [-0.4, -0.2) is 31.2 Å². The topological polar surface area (TPSA) is 81.9 Å². The minimum Gasteiger partial charge on any atom is -0.445 e. The Balaban J connectivity index is 2.67. The number of nitrogens with two attached hydrogens (primary N) is 1. The molecular weight excluding hydrogens is 224 g/mol. The highest BCUT2D eigenvalue weighted by molar-refractivity contribution is 5.93. The summed E-state index contributed by atoms with van der Waals surface area (Å²) < 4.78 is 4.62. The number of hydrogen-bond donors (Lipinski definition) is 1. The maximum atomic E-state index is 11.6. The van der Waals surface area contributed by atoms with Crippen molar-refractivity contribution in [2.45, 2.75) is 6.61 Å².